The van der Waals surface area contributed by atoms with Gasteiger partial charge in [-0.2, -0.15) is 4.98 Å². The Morgan fingerprint density at radius 1 is 1.20 bits per heavy atom. The Morgan fingerprint density at radius 3 is 2.55 bits per heavy atom. The summed E-state index contributed by atoms with van der Waals surface area (Å²) in [6, 6.07) is 3.27. The van der Waals surface area contributed by atoms with Gasteiger partial charge in [0.2, 0.25) is 5.95 Å². The molecule has 1 aromatic heterocycles. The Balaban J connectivity index is 1.63. The number of nitrogen functional groups attached to an aromatic ring is 1. The lowest BCUT2D eigenvalue weighted by atomic mass is 10.0. The number of hydrogen-bond acceptors (Lipinski definition) is 5. The zero-order valence-electron chi connectivity index (χ0n) is 11.9. The molecule has 0 radical (unpaired) electrons. The van der Waals surface area contributed by atoms with Crippen LogP contribution in [0.1, 0.15) is 32.6 Å². The van der Waals surface area contributed by atoms with Crippen LogP contribution in [0.2, 0.25) is 5.15 Å². The minimum absolute atomic E-state index is 0.253. The Hall–Kier alpha value is -1.07. The van der Waals surface area contributed by atoms with E-state index < -0.39 is 0 Å². The number of hydrogen-bond donors (Lipinski definition) is 1. The van der Waals surface area contributed by atoms with Crippen molar-refractivity contribution in [2.45, 2.75) is 44.7 Å². The van der Waals surface area contributed by atoms with E-state index in [0.717, 1.165) is 31.0 Å². The lowest BCUT2D eigenvalue weighted by Crippen LogP contribution is -2.46. The van der Waals surface area contributed by atoms with E-state index in [9.17, 15) is 0 Å². The maximum absolute atomic E-state index is 5.95. The van der Waals surface area contributed by atoms with Gasteiger partial charge in [-0.25, -0.2) is 4.98 Å². The Kier molecular flexibility index (Phi) is 3.98. The number of nitrogens with zero attached hydrogens (tertiary/aromatic N) is 4. The molecule has 2 fully saturated rings. The lowest BCUT2D eigenvalue weighted by molar-refractivity contribution is 0.163. The molecule has 0 spiro atoms. The molecule has 0 bridgehead atoms. The number of aromatic nitrogens is 2. The zero-order chi connectivity index (χ0) is 14.1. The largest absolute Gasteiger partial charge is 0.368 e. The van der Waals surface area contributed by atoms with Crippen LogP contribution in [0, 0.1) is 0 Å². The molecule has 2 aliphatic rings. The van der Waals surface area contributed by atoms with Crippen molar-refractivity contribution in [1.82, 2.24) is 14.9 Å². The molecule has 20 heavy (non-hydrogen) atoms. The summed E-state index contributed by atoms with van der Waals surface area (Å²) < 4.78 is 0. The molecule has 2 N–H and O–H groups in total. The molecule has 1 unspecified atom stereocenters. The highest BCUT2D eigenvalue weighted by molar-refractivity contribution is 6.29. The molecule has 5 nitrogen and oxygen atoms in total. The van der Waals surface area contributed by atoms with E-state index in [4.69, 9.17) is 17.3 Å². The fraction of sp³-hybridized carbons (Fsp3) is 0.714. The summed E-state index contributed by atoms with van der Waals surface area (Å²) in [6.07, 6.45) is 5.06. The maximum Gasteiger partial charge on any atom is 0.223 e. The quantitative estimate of drug-likeness (QED) is 0.847. The summed E-state index contributed by atoms with van der Waals surface area (Å²) in [5.74, 6) is 1.11. The van der Waals surface area contributed by atoms with Gasteiger partial charge in [0.15, 0.2) is 0 Å². The average Bonchev–Trinajstić information content (AvgIpc) is 2.84. The van der Waals surface area contributed by atoms with Crippen LogP contribution < -0.4 is 10.6 Å². The van der Waals surface area contributed by atoms with Crippen LogP contribution >= 0.6 is 11.6 Å². The summed E-state index contributed by atoms with van der Waals surface area (Å²) in [7, 11) is 0. The van der Waals surface area contributed by atoms with Gasteiger partial charge in [-0.1, -0.05) is 11.6 Å². The number of nitrogens with two attached hydrogens (primary N) is 1. The van der Waals surface area contributed by atoms with Crippen LogP contribution in [0.25, 0.3) is 0 Å². The van der Waals surface area contributed by atoms with Gasteiger partial charge in [-0.3, -0.25) is 4.90 Å². The summed E-state index contributed by atoms with van der Waals surface area (Å²) in [5.41, 5.74) is 5.67. The van der Waals surface area contributed by atoms with Crippen LogP contribution in [0.5, 0.6) is 0 Å². The van der Waals surface area contributed by atoms with Crippen LogP contribution in [0.15, 0.2) is 6.07 Å². The number of anilines is 2. The smallest absolute Gasteiger partial charge is 0.223 e. The number of halogens is 1. The van der Waals surface area contributed by atoms with Crippen molar-refractivity contribution in [3.05, 3.63) is 11.2 Å². The molecule has 110 valence electrons. The van der Waals surface area contributed by atoms with Crippen molar-refractivity contribution >= 4 is 23.4 Å². The summed E-state index contributed by atoms with van der Waals surface area (Å²) >= 11 is 5.95. The fourth-order valence-electron chi connectivity index (χ4n) is 3.51. The van der Waals surface area contributed by atoms with E-state index in [1.807, 2.05) is 0 Å². The van der Waals surface area contributed by atoms with Gasteiger partial charge < -0.3 is 10.6 Å². The van der Waals surface area contributed by atoms with E-state index in [1.54, 1.807) is 6.07 Å². The van der Waals surface area contributed by atoms with Gasteiger partial charge in [0.05, 0.1) is 0 Å². The average molecular weight is 296 g/mol. The summed E-state index contributed by atoms with van der Waals surface area (Å²) in [4.78, 5) is 13.1. The molecule has 1 aromatic rings. The second-order valence-electron chi connectivity index (χ2n) is 5.85. The molecule has 0 amide bonds. The Morgan fingerprint density at radius 2 is 1.95 bits per heavy atom. The Bertz CT molecular complexity index is 452. The predicted octanol–water partition coefficient (Wildman–Crippen LogP) is 2.17. The summed E-state index contributed by atoms with van der Waals surface area (Å²) in [6.45, 7) is 5.64. The highest BCUT2D eigenvalue weighted by Crippen LogP contribution is 2.27. The third-order valence-electron chi connectivity index (χ3n) is 4.56. The van der Waals surface area contributed by atoms with E-state index in [1.165, 1.54) is 32.2 Å². The van der Waals surface area contributed by atoms with Gasteiger partial charge in [0.1, 0.15) is 11.0 Å². The molecule has 1 atom stereocenters. The maximum atomic E-state index is 5.95. The fourth-order valence-corrected chi connectivity index (χ4v) is 3.69. The molecule has 3 heterocycles. The lowest BCUT2D eigenvalue weighted by Gasteiger charge is -2.39. The minimum Gasteiger partial charge on any atom is -0.368 e. The first-order chi connectivity index (χ1) is 9.63. The van der Waals surface area contributed by atoms with Crippen LogP contribution in [-0.4, -0.2) is 46.6 Å². The van der Waals surface area contributed by atoms with Crippen molar-refractivity contribution in [3.8, 4) is 0 Å². The van der Waals surface area contributed by atoms with Crippen molar-refractivity contribution in [1.29, 1.82) is 0 Å². The summed E-state index contributed by atoms with van der Waals surface area (Å²) in [5, 5.41) is 0.419. The third kappa shape index (κ3) is 2.83. The van der Waals surface area contributed by atoms with Crippen molar-refractivity contribution in [3.63, 3.8) is 0 Å². The molecule has 6 heteroatoms. The van der Waals surface area contributed by atoms with Gasteiger partial charge in [0.25, 0.3) is 0 Å². The van der Waals surface area contributed by atoms with Gasteiger partial charge in [-0.15, -0.1) is 0 Å². The zero-order valence-corrected chi connectivity index (χ0v) is 12.7. The Labute approximate surface area is 125 Å². The first kappa shape index (κ1) is 13.9. The first-order valence-corrected chi connectivity index (χ1v) is 7.82. The predicted molar refractivity (Wildman–Crippen MR) is 82.1 cm³/mol. The van der Waals surface area contributed by atoms with Gasteiger partial charge in [0, 0.05) is 31.2 Å². The molecule has 0 aliphatic carbocycles. The van der Waals surface area contributed by atoms with Crippen LogP contribution in [0.4, 0.5) is 11.8 Å². The van der Waals surface area contributed by atoms with Crippen LogP contribution in [0.3, 0.4) is 0 Å². The SMILES string of the molecule is CC1CCCN1C1CCN(c2cc(Cl)nc(N)n2)CC1. The van der Waals surface area contributed by atoms with E-state index in [0.29, 0.717) is 5.15 Å². The highest BCUT2D eigenvalue weighted by atomic mass is 35.5. The minimum atomic E-state index is 0.253. The highest BCUT2D eigenvalue weighted by Gasteiger charge is 2.30. The van der Waals surface area contributed by atoms with Gasteiger partial charge in [-0.05, 0) is 39.2 Å². The molecule has 2 saturated heterocycles. The number of likely N-dealkylation sites (tertiary alicyclic amines) is 1. The molecule has 2 aliphatic heterocycles. The van der Waals surface area contributed by atoms with Gasteiger partial charge >= 0.3 is 0 Å². The van der Waals surface area contributed by atoms with E-state index in [-0.39, 0.29) is 5.95 Å². The monoisotopic (exact) mass is 295 g/mol. The van der Waals surface area contributed by atoms with Crippen LogP contribution in [-0.2, 0) is 0 Å². The normalized spacial score (nSPS) is 25.3. The number of rotatable bonds is 2. The second-order valence-corrected chi connectivity index (χ2v) is 6.24. The molecule has 3 rings (SSSR count). The van der Waals surface area contributed by atoms with Crippen molar-refractivity contribution in [2.24, 2.45) is 0 Å². The van der Waals surface area contributed by atoms with Crippen molar-refractivity contribution in [2.75, 3.05) is 30.3 Å². The third-order valence-corrected chi connectivity index (χ3v) is 4.75. The van der Waals surface area contributed by atoms with E-state index >= 15 is 0 Å². The topological polar surface area (TPSA) is 58.3 Å². The molecule has 0 aromatic carbocycles. The second kappa shape index (κ2) is 5.74. The molecule has 0 saturated carbocycles. The van der Waals surface area contributed by atoms with Crippen molar-refractivity contribution < 1.29 is 0 Å². The molecular weight excluding hydrogens is 274 g/mol. The number of piperidine rings is 1. The molecular formula is C14H22ClN5. The van der Waals surface area contributed by atoms with E-state index in [2.05, 4.69) is 26.7 Å². The first-order valence-electron chi connectivity index (χ1n) is 7.44. The standard InChI is InChI=1S/C14H22ClN5/c1-10-3-2-6-20(10)11-4-7-19(8-5-11)13-9-12(15)17-14(16)18-13/h9-11H,2-8H2,1H3,(H2,16,17,18).